The number of imide groups is 1. The summed E-state index contributed by atoms with van der Waals surface area (Å²) in [4.78, 5) is 36.1. The Bertz CT molecular complexity index is 955. The fourth-order valence-electron chi connectivity index (χ4n) is 3.07. The van der Waals surface area contributed by atoms with Gasteiger partial charge in [-0.15, -0.1) is 0 Å². The van der Waals surface area contributed by atoms with E-state index < -0.39 is 12.1 Å². The molecule has 0 spiro atoms. The number of rotatable bonds is 2. The van der Waals surface area contributed by atoms with E-state index in [-0.39, 0.29) is 11.9 Å². The number of urea groups is 1. The molecule has 0 saturated carbocycles. The number of aliphatic carboxylic acids is 1. The van der Waals surface area contributed by atoms with E-state index in [9.17, 15) is 22.8 Å². The topological polar surface area (TPSA) is 119 Å². The number of carbonyl (C=O) groups is 3. The van der Waals surface area contributed by atoms with Crippen LogP contribution >= 0.6 is 0 Å². The lowest BCUT2D eigenvalue weighted by Crippen LogP contribution is -2.49. The molecule has 162 valence electrons. The molecule has 13 heteroatoms. The van der Waals surface area contributed by atoms with Crippen LogP contribution in [0.3, 0.4) is 0 Å². The minimum Gasteiger partial charge on any atom is -0.475 e. The van der Waals surface area contributed by atoms with Crippen molar-refractivity contribution in [3.05, 3.63) is 24.5 Å². The van der Waals surface area contributed by atoms with Crippen molar-refractivity contribution >= 4 is 34.8 Å². The van der Waals surface area contributed by atoms with Gasteiger partial charge in [-0.05, 0) is 12.1 Å². The van der Waals surface area contributed by atoms with Crippen molar-refractivity contribution in [2.45, 2.75) is 12.6 Å². The molecule has 2 aromatic heterocycles. The summed E-state index contributed by atoms with van der Waals surface area (Å²) in [5.74, 6) is -2.99. The number of fused-ring (bicyclic) bond motifs is 1. The van der Waals surface area contributed by atoms with Gasteiger partial charge in [0.05, 0.1) is 29.3 Å². The third-order valence-corrected chi connectivity index (χ3v) is 4.55. The lowest BCUT2D eigenvalue weighted by Gasteiger charge is -2.29. The van der Waals surface area contributed by atoms with Crippen LogP contribution in [0.25, 0.3) is 5.52 Å². The number of alkyl halides is 3. The average molecular weight is 428 g/mol. The monoisotopic (exact) mass is 428 g/mol. The third kappa shape index (κ3) is 4.79. The molecule has 10 nitrogen and oxygen atoms in total. The van der Waals surface area contributed by atoms with Crippen molar-refractivity contribution in [1.29, 1.82) is 0 Å². The van der Waals surface area contributed by atoms with Crippen LogP contribution in [0.1, 0.15) is 6.42 Å². The number of amides is 3. The summed E-state index contributed by atoms with van der Waals surface area (Å²) >= 11 is 0. The maximum atomic E-state index is 12.0. The maximum absolute atomic E-state index is 12.0. The highest BCUT2D eigenvalue weighted by Gasteiger charge is 2.38. The maximum Gasteiger partial charge on any atom is 0.490 e. The van der Waals surface area contributed by atoms with Gasteiger partial charge >= 0.3 is 18.2 Å². The van der Waals surface area contributed by atoms with Crippen LogP contribution in [0.15, 0.2) is 24.5 Å². The first-order valence-corrected chi connectivity index (χ1v) is 9.01. The van der Waals surface area contributed by atoms with Gasteiger partial charge in [0.2, 0.25) is 5.91 Å². The van der Waals surface area contributed by atoms with Gasteiger partial charge in [0.25, 0.3) is 0 Å². The normalized spacial score (nSPS) is 17.4. The van der Waals surface area contributed by atoms with Crippen molar-refractivity contribution < 1.29 is 32.7 Å². The van der Waals surface area contributed by atoms with Gasteiger partial charge in [-0.2, -0.15) is 18.3 Å². The average Bonchev–Trinajstić information content (AvgIpc) is 3.11. The minimum absolute atomic E-state index is 0.233. The van der Waals surface area contributed by atoms with Gasteiger partial charge in [0.1, 0.15) is 0 Å². The van der Waals surface area contributed by atoms with Crippen LogP contribution in [0.4, 0.5) is 29.3 Å². The number of nitrogens with one attached hydrogen (secondary N) is 2. The molecule has 0 aromatic carbocycles. The number of pyridine rings is 1. The lowest BCUT2D eigenvalue weighted by atomic mass is 10.2. The number of piperazine rings is 1. The van der Waals surface area contributed by atoms with E-state index in [1.807, 2.05) is 12.3 Å². The van der Waals surface area contributed by atoms with E-state index >= 15 is 0 Å². The number of anilines is 2. The Balaban J connectivity index is 0.000000318. The summed E-state index contributed by atoms with van der Waals surface area (Å²) in [5, 5.41) is 17.2. The van der Waals surface area contributed by atoms with Gasteiger partial charge in [-0.3, -0.25) is 15.0 Å². The quantitative estimate of drug-likeness (QED) is 0.648. The molecule has 2 fully saturated rings. The second-order valence-corrected chi connectivity index (χ2v) is 6.54. The molecule has 30 heavy (non-hydrogen) atoms. The highest BCUT2D eigenvalue weighted by atomic mass is 19.4. The molecule has 0 radical (unpaired) electrons. The van der Waals surface area contributed by atoms with Gasteiger partial charge in [0.15, 0.2) is 0 Å². The summed E-state index contributed by atoms with van der Waals surface area (Å²) < 4.78 is 33.5. The van der Waals surface area contributed by atoms with Gasteiger partial charge in [0, 0.05) is 39.1 Å². The summed E-state index contributed by atoms with van der Waals surface area (Å²) in [5.41, 5.74) is 2.70. The number of aromatic nitrogens is 2. The van der Waals surface area contributed by atoms with Crippen LogP contribution in [0, 0.1) is 0 Å². The standard InChI is InChI=1S/C15H18N6O2.C2HF3O2/c22-14-3-6-20(15(23)18-14)13-9-17-21-10-11(1-2-12(13)21)19-7-4-16-5-8-19;3-2(4,5)1(6)7/h1-2,9-10,16H,3-8H2,(H,18,22,23);(H,6,7). The molecule has 4 heterocycles. The number of nitrogens with zero attached hydrogens (tertiary/aromatic N) is 4. The zero-order chi connectivity index (χ0) is 21.9. The fourth-order valence-corrected chi connectivity index (χ4v) is 3.07. The van der Waals surface area contributed by atoms with E-state index in [1.165, 1.54) is 0 Å². The summed E-state index contributed by atoms with van der Waals surface area (Å²) in [6.45, 7) is 4.27. The highest BCUT2D eigenvalue weighted by molar-refractivity contribution is 6.07. The third-order valence-electron chi connectivity index (χ3n) is 4.55. The highest BCUT2D eigenvalue weighted by Crippen LogP contribution is 2.26. The van der Waals surface area contributed by atoms with E-state index in [0.29, 0.717) is 13.0 Å². The van der Waals surface area contributed by atoms with Crippen molar-refractivity contribution in [1.82, 2.24) is 20.2 Å². The van der Waals surface area contributed by atoms with E-state index in [0.717, 1.165) is 43.1 Å². The molecule has 2 aliphatic rings. The largest absolute Gasteiger partial charge is 0.490 e. The molecule has 2 aromatic rings. The Hall–Kier alpha value is -3.35. The lowest BCUT2D eigenvalue weighted by molar-refractivity contribution is -0.192. The van der Waals surface area contributed by atoms with Gasteiger partial charge in [-0.1, -0.05) is 0 Å². The molecular weight excluding hydrogens is 409 g/mol. The zero-order valence-corrected chi connectivity index (χ0v) is 15.6. The molecule has 0 atom stereocenters. The molecule has 2 saturated heterocycles. The van der Waals surface area contributed by atoms with Crippen molar-refractivity contribution in [2.24, 2.45) is 0 Å². The van der Waals surface area contributed by atoms with Crippen LogP contribution < -0.4 is 20.4 Å². The summed E-state index contributed by atoms with van der Waals surface area (Å²) in [7, 11) is 0. The Labute approximate surface area is 168 Å². The zero-order valence-electron chi connectivity index (χ0n) is 15.6. The van der Waals surface area contributed by atoms with Crippen LogP contribution in [-0.2, 0) is 9.59 Å². The molecule has 0 unspecified atom stereocenters. The van der Waals surface area contributed by atoms with Crippen molar-refractivity contribution in [2.75, 3.05) is 42.5 Å². The predicted molar refractivity (Wildman–Crippen MR) is 99.5 cm³/mol. The van der Waals surface area contributed by atoms with E-state index in [4.69, 9.17) is 9.90 Å². The minimum atomic E-state index is -5.08. The van der Waals surface area contributed by atoms with Crippen molar-refractivity contribution in [3.8, 4) is 0 Å². The van der Waals surface area contributed by atoms with E-state index in [1.54, 1.807) is 15.6 Å². The van der Waals surface area contributed by atoms with Gasteiger partial charge < -0.3 is 15.3 Å². The second-order valence-electron chi connectivity index (χ2n) is 6.54. The number of carbonyl (C=O) groups excluding carboxylic acids is 2. The first kappa shape index (κ1) is 21.4. The Morgan fingerprint density at radius 2 is 1.80 bits per heavy atom. The van der Waals surface area contributed by atoms with Crippen molar-refractivity contribution in [3.63, 3.8) is 0 Å². The Morgan fingerprint density at radius 1 is 1.13 bits per heavy atom. The summed E-state index contributed by atoms with van der Waals surface area (Å²) in [6, 6.07) is 3.64. The van der Waals surface area contributed by atoms with Crippen LogP contribution in [0.2, 0.25) is 0 Å². The number of carboxylic acids is 1. The van der Waals surface area contributed by atoms with Gasteiger partial charge in [-0.25, -0.2) is 14.1 Å². The number of carboxylic acid groups (broad SMARTS) is 1. The first-order valence-electron chi connectivity index (χ1n) is 9.01. The second kappa shape index (κ2) is 8.57. The Morgan fingerprint density at radius 3 is 2.40 bits per heavy atom. The molecule has 3 amide bonds. The summed E-state index contributed by atoms with van der Waals surface area (Å²) in [6.07, 6.45) is -1.12. The molecule has 4 rings (SSSR count). The predicted octanol–water partition coefficient (Wildman–Crippen LogP) is 0.823. The van der Waals surface area contributed by atoms with Crippen LogP contribution in [0.5, 0.6) is 0 Å². The number of hydrogen-bond donors (Lipinski definition) is 3. The molecular formula is C17H19F3N6O4. The molecule has 0 bridgehead atoms. The Kier molecular flexibility index (Phi) is 6.10. The first-order chi connectivity index (χ1) is 14.2. The molecule has 2 aliphatic heterocycles. The smallest absolute Gasteiger partial charge is 0.475 e. The number of hydrogen-bond acceptors (Lipinski definition) is 6. The van der Waals surface area contributed by atoms with Crippen LogP contribution in [-0.4, -0.2) is 71.5 Å². The number of halogens is 3. The molecule has 3 N–H and O–H groups in total. The fraction of sp³-hybridized carbons (Fsp3) is 0.412. The SMILES string of the molecule is O=C(O)C(F)(F)F.O=C1CCN(c2cnn3cc(N4CCNCC4)ccc23)C(=O)N1. The van der Waals surface area contributed by atoms with E-state index in [2.05, 4.69) is 26.7 Å². The molecule has 0 aliphatic carbocycles.